The van der Waals surface area contributed by atoms with Crippen LogP contribution in [0.2, 0.25) is 0 Å². The smallest absolute Gasteiger partial charge is 0.0216 e. The normalized spacial score (nSPS) is 13.4. The van der Waals surface area contributed by atoms with Gasteiger partial charge in [-0.25, -0.2) is 0 Å². The van der Waals surface area contributed by atoms with Crippen molar-refractivity contribution in [3.8, 4) is 0 Å². The molecule has 0 aromatic carbocycles. The number of hydrogen-bond donors (Lipinski definition) is 2. The molecule has 0 aliphatic rings. The predicted molar refractivity (Wildman–Crippen MR) is 54.6 cm³/mol. The topological polar surface area (TPSA) is 38.0 Å². The van der Waals surface area contributed by atoms with Crippen LogP contribution in [0.1, 0.15) is 40.0 Å². The average molecular weight is 170 g/mol. The molecule has 72 valence electrons. The lowest BCUT2D eigenvalue weighted by Crippen LogP contribution is -2.36. The van der Waals surface area contributed by atoms with Gasteiger partial charge in [-0.15, -0.1) is 6.58 Å². The molecule has 0 fully saturated rings. The van der Waals surface area contributed by atoms with E-state index in [1.165, 1.54) is 5.57 Å². The van der Waals surface area contributed by atoms with Gasteiger partial charge in [0.15, 0.2) is 0 Å². The third kappa shape index (κ3) is 6.38. The summed E-state index contributed by atoms with van der Waals surface area (Å²) in [6.45, 7) is 10.4. The van der Waals surface area contributed by atoms with Crippen molar-refractivity contribution in [3.63, 3.8) is 0 Å². The highest BCUT2D eigenvalue weighted by Gasteiger charge is 2.07. The van der Waals surface area contributed by atoms with E-state index in [1.54, 1.807) is 0 Å². The molecule has 1 atom stereocenters. The number of nitrogens with two attached hydrogens (primary N) is 1. The number of hydrogen-bond acceptors (Lipinski definition) is 2. The summed E-state index contributed by atoms with van der Waals surface area (Å²) in [5.41, 5.74) is 4.08. The van der Waals surface area contributed by atoms with Crippen molar-refractivity contribution < 1.29 is 0 Å². The first-order chi connectivity index (χ1) is 5.56. The Hall–Kier alpha value is -0.340. The van der Waals surface area contributed by atoms with Crippen molar-refractivity contribution in [2.24, 2.45) is 11.8 Å². The van der Waals surface area contributed by atoms with Crippen LogP contribution < -0.4 is 11.3 Å². The molecule has 0 radical (unpaired) electrons. The lowest BCUT2D eigenvalue weighted by molar-refractivity contribution is 0.404. The van der Waals surface area contributed by atoms with Crippen LogP contribution in [0.25, 0.3) is 0 Å². The second-order valence-corrected chi connectivity index (χ2v) is 3.99. The minimum atomic E-state index is 0.446. The molecule has 0 spiro atoms. The molecule has 0 heterocycles. The zero-order valence-electron chi connectivity index (χ0n) is 8.56. The van der Waals surface area contributed by atoms with Crippen molar-refractivity contribution in [2.75, 3.05) is 0 Å². The molecule has 0 aliphatic carbocycles. The Morgan fingerprint density at radius 3 is 2.42 bits per heavy atom. The standard InChI is InChI=1S/C10H22N2/c1-8(2)5-6-10(12-11)7-9(3)4/h9-10,12H,1,5-7,11H2,2-4H3. The lowest BCUT2D eigenvalue weighted by Gasteiger charge is -2.17. The Balaban J connectivity index is 3.60. The van der Waals surface area contributed by atoms with Crippen molar-refractivity contribution in [2.45, 2.75) is 46.1 Å². The van der Waals surface area contributed by atoms with Crippen LogP contribution in [0.15, 0.2) is 12.2 Å². The van der Waals surface area contributed by atoms with Gasteiger partial charge in [-0.05, 0) is 32.1 Å². The second-order valence-electron chi connectivity index (χ2n) is 3.99. The summed E-state index contributed by atoms with van der Waals surface area (Å²) in [6, 6.07) is 0.446. The SMILES string of the molecule is C=C(C)CCC(CC(C)C)NN. The zero-order chi connectivity index (χ0) is 9.56. The van der Waals surface area contributed by atoms with E-state index in [4.69, 9.17) is 5.84 Å². The summed E-state index contributed by atoms with van der Waals surface area (Å²) < 4.78 is 0. The van der Waals surface area contributed by atoms with Gasteiger partial charge in [0.05, 0.1) is 0 Å². The van der Waals surface area contributed by atoms with Crippen LogP contribution in [0.5, 0.6) is 0 Å². The Labute approximate surface area is 76.2 Å². The van der Waals surface area contributed by atoms with Gasteiger partial charge in [0.2, 0.25) is 0 Å². The summed E-state index contributed by atoms with van der Waals surface area (Å²) in [7, 11) is 0. The fourth-order valence-corrected chi connectivity index (χ4v) is 1.26. The molecule has 0 saturated carbocycles. The molecule has 3 N–H and O–H groups in total. The summed E-state index contributed by atoms with van der Waals surface area (Å²) >= 11 is 0. The van der Waals surface area contributed by atoms with Crippen molar-refractivity contribution in [1.29, 1.82) is 0 Å². The maximum Gasteiger partial charge on any atom is 0.0216 e. The Morgan fingerprint density at radius 2 is 2.08 bits per heavy atom. The summed E-state index contributed by atoms with van der Waals surface area (Å²) in [5, 5.41) is 0. The average Bonchev–Trinajstić information content (AvgIpc) is 1.97. The second kappa shape index (κ2) is 6.21. The van der Waals surface area contributed by atoms with Gasteiger partial charge < -0.3 is 0 Å². The minimum absolute atomic E-state index is 0.446. The molecular formula is C10H22N2. The highest BCUT2D eigenvalue weighted by atomic mass is 15.2. The molecule has 12 heavy (non-hydrogen) atoms. The Bertz CT molecular complexity index is 130. The molecular weight excluding hydrogens is 148 g/mol. The fourth-order valence-electron chi connectivity index (χ4n) is 1.26. The van der Waals surface area contributed by atoms with Gasteiger partial charge in [0.25, 0.3) is 0 Å². The molecule has 0 aromatic rings. The monoisotopic (exact) mass is 170 g/mol. The van der Waals surface area contributed by atoms with E-state index >= 15 is 0 Å². The largest absolute Gasteiger partial charge is 0.271 e. The van der Waals surface area contributed by atoms with E-state index in [0.29, 0.717) is 12.0 Å². The third-order valence-corrected chi connectivity index (χ3v) is 1.91. The van der Waals surface area contributed by atoms with Crippen LogP contribution in [0.4, 0.5) is 0 Å². The Kier molecular flexibility index (Phi) is 6.03. The van der Waals surface area contributed by atoms with Gasteiger partial charge in [0.1, 0.15) is 0 Å². The Morgan fingerprint density at radius 1 is 1.50 bits per heavy atom. The molecule has 0 rings (SSSR count). The summed E-state index contributed by atoms with van der Waals surface area (Å²) in [6.07, 6.45) is 3.31. The van der Waals surface area contributed by atoms with Gasteiger partial charge in [-0.1, -0.05) is 19.4 Å². The van der Waals surface area contributed by atoms with E-state index in [0.717, 1.165) is 19.3 Å². The summed E-state index contributed by atoms with van der Waals surface area (Å²) in [5.74, 6) is 6.13. The number of nitrogens with one attached hydrogen (secondary N) is 1. The molecule has 0 bridgehead atoms. The molecule has 0 amide bonds. The van der Waals surface area contributed by atoms with Crippen molar-refractivity contribution >= 4 is 0 Å². The third-order valence-electron chi connectivity index (χ3n) is 1.91. The van der Waals surface area contributed by atoms with Gasteiger partial charge in [0, 0.05) is 6.04 Å². The van der Waals surface area contributed by atoms with Crippen LogP contribution in [0, 0.1) is 5.92 Å². The van der Waals surface area contributed by atoms with Crippen molar-refractivity contribution in [1.82, 2.24) is 5.43 Å². The molecule has 0 aliphatic heterocycles. The van der Waals surface area contributed by atoms with Crippen molar-refractivity contribution in [3.05, 3.63) is 12.2 Å². The molecule has 2 nitrogen and oxygen atoms in total. The highest BCUT2D eigenvalue weighted by Crippen LogP contribution is 2.11. The van der Waals surface area contributed by atoms with Crippen LogP contribution in [0.3, 0.4) is 0 Å². The van der Waals surface area contributed by atoms with Crippen LogP contribution in [-0.4, -0.2) is 6.04 Å². The first-order valence-corrected chi connectivity index (χ1v) is 4.66. The zero-order valence-corrected chi connectivity index (χ0v) is 8.56. The fraction of sp³-hybridized carbons (Fsp3) is 0.800. The van der Waals surface area contributed by atoms with E-state index in [-0.39, 0.29) is 0 Å². The molecule has 0 aromatic heterocycles. The molecule has 0 saturated heterocycles. The van der Waals surface area contributed by atoms with Gasteiger partial charge in [-0.3, -0.25) is 11.3 Å². The maximum atomic E-state index is 5.43. The molecule has 1 unspecified atom stereocenters. The van der Waals surface area contributed by atoms with Crippen LogP contribution in [-0.2, 0) is 0 Å². The minimum Gasteiger partial charge on any atom is -0.271 e. The number of allylic oxidation sites excluding steroid dienone is 1. The maximum absolute atomic E-state index is 5.43. The first-order valence-electron chi connectivity index (χ1n) is 4.66. The van der Waals surface area contributed by atoms with E-state index in [2.05, 4.69) is 32.8 Å². The van der Waals surface area contributed by atoms with Crippen LogP contribution >= 0.6 is 0 Å². The van der Waals surface area contributed by atoms with E-state index < -0.39 is 0 Å². The molecule has 2 heteroatoms. The van der Waals surface area contributed by atoms with E-state index in [9.17, 15) is 0 Å². The lowest BCUT2D eigenvalue weighted by atomic mass is 9.99. The van der Waals surface area contributed by atoms with Gasteiger partial charge in [-0.2, -0.15) is 0 Å². The van der Waals surface area contributed by atoms with E-state index in [1.807, 2.05) is 0 Å². The highest BCUT2D eigenvalue weighted by molar-refractivity contribution is 4.89. The first kappa shape index (κ1) is 11.7. The summed E-state index contributed by atoms with van der Waals surface area (Å²) in [4.78, 5) is 0. The number of rotatable bonds is 6. The quantitative estimate of drug-likeness (QED) is 0.364. The number of hydrazine groups is 1. The predicted octanol–water partition coefficient (Wildman–Crippen LogP) is 2.22. The van der Waals surface area contributed by atoms with Gasteiger partial charge >= 0.3 is 0 Å².